The van der Waals surface area contributed by atoms with Crippen LogP contribution in [0.5, 0.6) is 0 Å². The molecule has 14 heavy (non-hydrogen) atoms. The van der Waals surface area contributed by atoms with Crippen molar-refractivity contribution in [2.45, 2.75) is 31.7 Å². The van der Waals surface area contributed by atoms with Gasteiger partial charge in [-0.3, -0.25) is 4.79 Å². The number of rotatable bonds is 2. The Morgan fingerprint density at radius 2 is 1.79 bits per heavy atom. The maximum absolute atomic E-state index is 11.8. The molecular formula is C11H18N2O. The number of carbonyl (C=O) groups excluding carboxylic acids is 1. The van der Waals surface area contributed by atoms with Crippen LogP contribution in [0.25, 0.3) is 0 Å². The number of amides is 1. The predicted molar refractivity (Wildman–Crippen MR) is 53.7 cm³/mol. The Labute approximate surface area is 84.6 Å². The van der Waals surface area contributed by atoms with Gasteiger partial charge in [-0.2, -0.15) is 0 Å². The van der Waals surface area contributed by atoms with Crippen molar-refractivity contribution in [1.29, 1.82) is 0 Å². The molecule has 3 nitrogen and oxygen atoms in total. The summed E-state index contributed by atoms with van der Waals surface area (Å²) in [4.78, 5) is 11.8. The summed E-state index contributed by atoms with van der Waals surface area (Å²) < 4.78 is 0. The first-order chi connectivity index (χ1) is 6.86. The van der Waals surface area contributed by atoms with Crippen LogP contribution in [0.15, 0.2) is 0 Å². The van der Waals surface area contributed by atoms with E-state index in [2.05, 4.69) is 10.6 Å². The van der Waals surface area contributed by atoms with Gasteiger partial charge < -0.3 is 10.6 Å². The second-order valence-corrected chi connectivity index (χ2v) is 5.00. The summed E-state index contributed by atoms with van der Waals surface area (Å²) in [5, 5.41) is 6.56. The van der Waals surface area contributed by atoms with Crippen LogP contribution in [0.1, 0.15) is 25.7 Å². The molecule has 2 saturated carbocycles. The molecule has 3 fully saturated rings. The third-order valence-electron chi connectivity index (χ3n) is 4.13. The number of hydrogen-bond donors (Lipinski definition) is 2. The van der Waals surface area contributed by atoms with Gasteiger partial charge in [-0.25, -0.2) is 0 Å². The fourth-order valence-corrected chi connectivity index (χ4v) is 3.10. The first kappa shape index (κ1) is 8.72. The van der Waals surface area contributed by atoms with E-state index in [9.17, 15) is 4.79 Å². The van der Waals surface area contributed by atoms with Crippen LogP contribution in [0.2, 0.25) is 0 Å². The van der Waals surface area contributed by atoms with E-state index in [0.29, 0.717) is 17.9 Å². The Morgan fingerprint density at radius 3 is 2.43 bits per heavy atom. The van der Waals surface area contributed by atoms with Crippen LogP contribution in [-0.2, 0) is 4.79 Å². The standard InChI is InChI=1S/C11H18N2O/c14-11(7-3-1-2-4-7)13-10-8-5-12-6-9(8)10/h7-10,12H,1-6H2,(H,13,14). The highest BCUT2D eigenvalue weighted by molar-refractivity contribution is 5.79. The first-order valence-corrected chi connectivity index (χ1v) is 5.87. The lowest BCUT2D eigenvalue weighted by atomic mass is 10.1. The zero-order valence-corrected chi connectivity index (χ0v) is 8.46. The van der Waals surface area contributed by atoms with E-state index in [4.69, 9.17) is 0 Å². The van der Waals surface area contributed by atoms with E-state index in [1.807, 2.05) is 0 Å². The van der Waals surface area contributed by atoms with Crippen LogP contribution >= 0.6 is 0 Å². The summed E-state index contributed by atoms with van der Waals surface area (Å²) in [6.07, 6.45) is 4.73. The van der Waals surface area contributed by atoms with Crippen molar-refractivity contribution >= 4 is 5.91 Å². The van der Waals surface area contributed by atoms with Crippen LogP contribution < -0.4 is 10.6 Å². The fraction of sp³-hybridized carbons (Fsp3) is 0.909. The van der Waals surface area contributed by atoms with Crippen molar-refractivity contribution < 1.29 is 4.79 Å². The van der Waals surface area contributed by atoms with Crippen molar-refractivity contribution in [1.82, 2.24) is 10.6 Å². The van der Waals surface area contributed by atoms with Crippen LogP contribution in [0, 0.1) is 17.8 Å². The van der Waals surface area contributed by atoms with Crippen LogP contribution in [0.3, 0.4) is 0 Å². The molecule has 3 heteroatoms. The molecule has 3 rings (SSSR count). The van der Waals surface area contributed by atoms with Crippen molar-refractivity contribution in [2.75, 3.05) is 13.1 Å². The number of piperidine rings is 1. The van der Waals surface area contributed by atoms with E-state index >= 15 is 0 Å². The average molecular weight is 194 g/mol. The molecule has 1 saturated heterocycles. The quantitative estimate of drug-likeness (QED) is 0.672. The summed E-state index contributed by atoms with van der Waals surface area (Å²) in [5.74, 6) is 2.17. The second kappa shape index (κ2) is 3.23. The average Bonchev–Trinajstić information content (AvgIpc) is 2.75. The van der Waals surface area contributed by atoms with Gasteiger partial charge in [0.15, 0.2) is 0 Å². The third-order valence-corrected chi connectivity index (χ3v) is 4.13. The Kier molecular flexibility index (Phi) is 2.01. The Morgan fingerprint density at radius 1 is 1.14 bits per heavy atom. The molecule has 2 atom stereocenters. The van der Waals surface area contributed by atoms with E-state index in [1.165, 1.54) is 12.8 Å². The smallest absolute Gasteiger partial charge is 0.223 e. The highest BCUT2D eigenvalue weighted by Crippen LogP contribution is 2.42. The van der Waals surface area contributed by atoms with Gasteiger partial charge >= 0.3 is 0 Å². The largest absolute Gasteiger partial charge is 0.352 e. The van der Waals surface area contributed by atoms with Crippen LogP contribution in [0.4, 0.5) is 0 Å². The molecule has 0 aromatic heterocycles. The van der Waals surface area contributed by atoms with Gasteiger partial charge in [-0.1, -0.05) is 12.8 Å². The highest BCUT2D eigenvalue weighted by Gasteiger charge is 2.53. The summed E-state index contributed by atoms with van der Waals surface area (Å²) in [5.41, 5.74) is 0. The Hall–Kier alpha value is -0.570. The molecule has 1 amide bonds. The minimum atomic E-state index is 0.335. The lowest BCUT2D eigenvalue weighted by Gasteiger charge is -2.11. The normalized spacial score (nSPS) is 41.0. The summed E-state index contributed by atoms with van der Waals surface area (Å²) in [6.45, 7) is 2.22. The van der Waals surface area contributed by atoms with E-state index < -0.39 is 0 Å². The molecule has 0 spiro atoms. The van der Waals surface area contributed by atoms with E-state index in [-0.39, 0.29) is 0 Å². The molecule has 0 bridgehead atoms. The molecule has 3 aliphatic rings. The van der Waals surface area contributed by atoms with Gasteiger partial charge in [-0.05, 0) is 24.7 Å². The van der Waals surface area contributed by atoms with Crippen molar-refractivity contribution in [2.24, 2.45) is 17.8 Å². The third kappa shape index (κ3) is 1.34. The van der Waals surface area contributed by atoms with Gasteiger partial charge in [-0.15, -0.1) is 0 Å². The van der Waals surface area contributed by atoms with Gasteiger partial charge in [0.25, 0.3) is 0 Å². The lowest BCUT2D eigenvalue weighted by Crippen LogP contribution is -2.35. The molecule has 78 valence electrons. The molecule has 0 aromatic rings. The Balaban J connectivity index is 1.50. The van der Waals surface area contributed by atoms with Crippen molar-refractivity contribution in [3.63, 3.8) is 0 Å². The number of fused-ring (bicyclic) bond motifs is 1. The molecule has 2 aliphatic carbocycles. The predicted octanol–water partition coefficient (Wildman–Crippen LogP) is 0.511. The maximum Gasteiger partial charge on any atom is 0.223 e. The second-order valence-electron chi connectivity index (χ2n) is 5.00. The summed E-state index contributed by atoms with van der Waals surface area (Å²) in [7, 11) is 0. The number of nitrogens with one attached hydrogen (secondary N) is 2. The molecule has 1 aliphatic heterocycles. The molecule has 2 unspecified atom stereocenters. The van der Waals surface area contributed by atoms with Gasteiger partial charge in [0.2, 0.25) is 5.91 Å². The van der Waals surface area contributed by atoms with E-state index in [0.717, 1.165) is 37.8 Å². The minimum Gasteiger partial charge on any atom is -0.352 e. The first-order valence-electron chi connectivity index (χ1n) is 5.87. The molecular weight excluding hydrogens is 176 g/mol. The Bertz CT molecular complexity index is 238. The van der Waals surface area contributed by atoms with Gasteiger partial charge in [0, 0.05) is 25.0 Å². The van der Waals surface area contributed by atoms with E-state index in [1.54, 1.807) is 0 Å². The SMILES string of the molecule is O=C(NC1C2CNCC21)C1CCCC1. The van der Waals surface area contributed by atoms with Gasteiger partial charge in [0.05, 0.1) is 0 Å². The van der Waals surface area contributed by atoms with Crippen molar-refractivity contribution in [3.05, 3.63) is 0 Å². The summed E-state index contributed by atoms with van der Waals surface area (Å²) >= 11 is 0. The van der Waals surface area contributed by atoms with Gasteiger partial charge in [0.1, 0.15) is 0 Å². The maximum atomic E-state index is 11.8. The molecule has 1 heterocycles. The number of carbonyl (C=O) groups is 1. The minimum absolute atomic E-state index is 0.335. The monoisotopic (exact) mass is 194 g/mol. The molecule has 2 N–H and O–H groups in total. The lowest BCUT2D eigenvalue weighted by molar-refractivity contribution is -0.125. The highest BCUT2D eigenvalue weighted by atomic mass is 16.2. The van der Waals surface area contributed by atoms with Crippen LogP contribution in [-0.4, -0.2) is 25.0 Å². The zero-order chi connectivity index (χ0) is 9.54. The molecule has 0 radical (unpaired) electrons. The summed E-state index contributed by atoms with van der Waals surface area (Å²) in [6, 6.07) is 0.518. The fourth-order valence-electron chi connectivity index (χ4n) is 3.10. The number of hydrogen-bond acceptors (Lipinski definition) is 2. The zero-order valence-electron chi connectivity index (χ0n) is 8.46. The molecule has 0 aromatic carbocycles. The topological polar surface area (TPSA) is 41.1 Å². The van der Waals surface area contributed by atoms with Crippen molar-refractivity contribution in [3.8, 4) is 0 Å².